The van der Waals surface area contributed by atoms with E-state index in [1.807, 2.05) is 0 Å². The minimum absolute atomic E-state index is 0.244. The summed E-state index contributed by atoms with van der Waals surface area (Å²) in [6, 6.07) is 11.3. The fourth-order valence-electron chi connectivity index (χ4n) is 1.67. The predicted octanol–water partition coefficient (Wildman–Crippen LogP) is 1.85. The Balaban J connectivity index is 2.77. The van der Waals surface area contributed by atoms with Crippen molar-refractivity contribution >= 4 is 20.2 Å². The highest BCUT2D eigenvalue weighted by molar-refractivity contribution is 7.86. The summed E-state index contributed by atoms with van der Waals surface area (Å²) in [7, 11) is -9.18. The van der Waals surface area contributed by atoms with Gasteiger partial charge in [0.1, 0.15) is 0 Å². The molecule has 0 amide bonds. The van der Waals surface area contributed by atoms with Crippen LogP contribution in [0.1, 0.15) is 0 Å². The summed E-state index contributed by atoms with van der Waals surface area (Å²) in [4.78, 5) is -1.21. The van der Waals surface area contributed by atoms with Crippen LogP contribution in [0.2, 0.25) is 0 Å². The molecule has 0 heterocycles. The first-order chi connectivity index (χ1) is 9.18. The van der Waals surface area contributed by atoms with Crippen molar-refractivity contribution in [3.8, 4) is 11.1 Å². The van der Waals surface area contributed by atoms with Gasteiger partial charge in [-0.25, -0.2) is 0 Å². The molecule has 2 aromatic carbocycles. The summed E-state index contributed by atoms with van der Waals surface area (Å²) in [6.45, 7) is 0. The van der Waals surface area contributed by atoms with E-state index in [4.69, 9.17) is 9.11 Å². The van der Waals surface area contributed by atoms with Crippen molar-refractivity contribution in [2.24, 2.45) is 0 Å². The van der Waals surface area contributed by atoms with E-state index in [2.05, 4.69) is 0 Å². The molecule has 0 radical (unpaired) electrons. The van der Waals surface area contributed by atoms with Gasteiger partial charge >= 0.3 is 0 Å². The Bertz CT molecular complexity index is 789. The molecule has 0 bridgehead atoms. The fraction of sp³-hybridized carbons (Fsp3) is 0. The Kier molecular flexibility index (Phi) is 3.65. The second-order valence-corrected chi connectivity index (χ2v) is 6.85. The third-order valence-corrected chi connectivity index (χ3v) is 4.25. The minimum atomic E-state index is -4.59. The highest BCUT2D eigenvalue weighted by Crippen LogP contribution is 2.26. The molecule has 106 valence electrons. The van der Waals surface area contributed by atoms with Gasteiger partial charge in [-0.1, -0.05) is 30.3 Å². The maximum absolute atomic E-state index is 11.2. The van der Waals surface area contributed by atoms with Gasteiger partial charge < -0.3 is 0 Å². The van der Waals surface area contributed by atoms with Crippen molar-refractivity contribution in [1.29, 1.82) is 0 Å². The SMILES string of the molecule is O=S(=O)(O)c1cc(-c2ccccc2)cc(S(=O)(=O)O)c1. The quantitative estimate of drug-likeness (QED) is 0.837. The third-order valence-electron chi connectivity index (χ3n) is 2.58. The van der Waals surface area contributed by atoms with Crippen LogP contribution in [-0.4, -0.2) is 25.9 Å². The predicted molar refractivity (Wildman–Crippen MR) is 71.5 cm³/mol. The number of hydrogen-bond donors (Lipinski definition) is 2. The summed E-state index contributed by atoms with van der Waals surface area (Å²) in [6.07, 6.45) is 0. The van der Waals surface area contributed by atoms with E-state index in [9.17, 15) is 16.8 Å². The van der Waals surface area contributed by atoms with Gasteiger partial charge in [-0.15, -0.1) is 0 Å². The molecular weight excluding hydrogens is 304 g/mol. The molecule has 0 aromatic heterocycles. The summed E-state index contributed by atoms with van der Waals surface area (Å²) >= 11 is 0. The van der Waals surface area contributed by atoms with Gasteiger partial charge in [-0.05, 0) is 29.3 Å². The van der Waals surface area contributed by atoms with Gasteiger partial charge in [0.15, 0.2) is 0 Å². The van der Waals surface area contributed by atoms with Crippen LogP contribution >= 0.6 is 0 Å². The fourth-order valence-corrected chi connectivity index (χ4v) is 2.85. The maximum Gasteiger partial charge on any atom is 0.294 e. The van der Waals surface area contributed by atoms with E-state index in [0.717, 1.165) is 12.1 Å². The highest BCUT2D eigenvalue weighted by Gasteiger charge is 2.18. The van der Waals surface area contributed by atoms with Crippen molar-refractivity contribution in [3.63, 3.8) is 0 Å². The summed E-state index contributed by atoms with van der Waals surface area (Å²) in [5.74, 6) is 0. The van der Waals surface area contributed by atoms with Crippen molar-refractivity contribution < 1.29 is 25.9 Å². The highest BCUT2D eigenvalue weighted by atomic mass is 32.2. The molecule has 0 aliphatic heterocycles. The van der Waals surface area contributed by atoms with E-state index < -0.39 is 30.0 Å². The van der Waals surface area contributed by atoms with E-state index in [0.29, 0.717) is 11.6 Å². The first-order valence-electron chi connectivity index (χ1n) is 5.33. The Morgan fingerprint density at radius 2 is 1.10 bits per heavy atom. The lowest BCUT2D eigenvalue weighted by atomic mass is 10.1. The molecule has 0 saturated carbocycles. The molecule has 0 aliphatic carbocycles. The Labute approximate surface area is 116 Å². The molecule has 0 aliphatic rings. The number of benzene rings is 2. The second-order valence-electron chi connectivity index (χ2n) is 4.01. The Morgan fingerprint density at radius 3 is 1.50 bits per heavy atom. The van der Waals surface area contributed by atoms with E-state index in [1.54, 1.807) is 30.3 Å². The van der Waals surface area contributed by atoms with Crippen LogP contribution in [0, 0.1) is 0 Å². The van der Waals surface area contributed by atoms with Gasteiger partial charge in [0, 0.05) is 0 Å². The van der Waals surface area contributed by atoms with Gasteiger partial charge in [0.05, 0.1) is 9.79 Å². The standard InChI is InChI=1S/C12H10O6S2/c13-19(14,15)11-6-10(9-4-2-1-3-5-9)7-12(8-11)20(16,17)18/h1-8H,(H,13,14,15)(H,16,17,18). The van der Waals surface area contributed by atoms with E-state index >= 15 is 0 Å². The van der Waals surface area contributed by atoms with Crippen LogP contribution in [0.4, 0.5) is 0 Å². The molecular formula is C12H10O6S2. The van der Waals surface area contributed by atoms with Crippen LogP contribution in [0.3, 0.4) is 0 Å². The van der Waals surface area contributed by atoms with Gasteiger partial charge in [0.25, 0.3) is 20.2 Å². The van der Waals surface area contributed by atoms with Crippen LogP contribution in [0.25, 0.3) is 11.1 Å². The van der Waals surface area contributed by atoms with Crippen molar-refractivity contribution in [3.05, 3.63) is 48.5 Å². The topological polar surface area (TPSA) is 109 Å². The molecule has 0 spiro atoms. The first kappa shape index (κ1) is 14.7. The molecule has 6 nitrogen and oxygen atoms in total. The zero-order chi connectivity index (χ0) is 15.0. The van der Waals surface area contributed by atoms with Gasteiger partial charge in [-0.2, -0.15) is 16.8 Å². The summed E-state index contributed by atoms with van der Waals surface area (Å²) in [5.41, 5.74) is 0.788. The number of hydrogen-bond acceptors (Lipinski definition) is 4. The first-order valence-corrected chi connectivity index (χ1v) is 8.21. The average Bonchev–Trinajstić information content (AvgIpc) is 2.37. The molecule has 2 N–H and O–H groups in total. The summed E-state index contributed by atoms with van der Waals surface area (Å²) < 4.78 is 62.8. The van der Waals surface area contributed by atoms with Crippen molar-refractivity contribution in [1.82, 2.24) is 0 Å². The van der Waals surface area contributed by atoms with E-state index in [1.165, 1.54) is 0 Å². The van der Waals surface area contributed by atoms with Crippen LogP contribution < -0.4 is 0 Å². The average molecular weight is 314 g/mol. The van der Waals surface area contributed by atoms with Crippen molar-refractivity contribution in [2.45, 2.75) is 9.79 Å². The van der Waals surface area contributed by atoms with Gasteiger partial charge in [-0.3, -0.25) is 9.11 Å². The molecule has 0 fully saturated rings. The molecule has 0 atom stereocenters. The zero-order valence-corrected chi connectivity index (χ0v) is 11.6. The molecule has 20 heavy (non-hydrogen) atoms. The molecule has 0 saturated heterocycles. The lowest BCUT2D eigenvalue weighted by molar-refractivity contribution is 0.481. The minimum Gasteiger partial charge on any atom is -0.282 e. The lowest BCUT2D eigenvalue weighted by Gasteiger charge is -2.07. The van der Waals surface area contributed by atoms with Crippen LogP contribution in [0.5, 0.6) is 0 Å². The molecule has 0 unspecified atom stereocenters. The zero-order valence-electron chi connectivity index (χ0n) is 9.96. The largest absolute Gasteiger partial charge is 0.294 e. The normalized spacial score (nSPS) is 12.3. The van der Waals surface area contributed by atoms with Crippen LogP contribution in [-0.2, 0) is 20.2 Å². The number of rotatable bonds is 3. The second kappa shape index (κ2) is 4.98. The Morgan fingerprint density at radius 1 is 0.650 bits per heavy atom. The van der Waals surface area contributed by atoms with Gasteiger partial charge in [0.2, 0.25) is 0 Å². The smallest absolute Gasteiger partial charge is 0.282 e. The third kappa shape index (κ3) is 3.23. The van der Waals surface area contributed by atoms with Crippen molar-refractivity contribution in [2.75, 3.05) is 0 Å². The monoisotopic (exact) mass is 314 g/mol. The Hall–Kier alpha value is -1.74. The van der Waals surface area contributed by atoms with Crippen LogP contribution in [0.15, 0.2) is 58.3 Å². The summed E-state index contributed by atoms with van der Waals surface area (Å²) in [5, 5.41) is 0. The van der Waals surface area contributed by atoms with E-state index in [-0.39, 0.29) is 5.56 Å². The lowest BCUT2D eigenvalue weighted by Crippen LogP contribution is -2.04. The molecule has 2 aromatic rings. The molecule has 2 rings (SSSR count). The molecule has 8 heteroatoms. The maximum atomic E-state index is 11.2.